The third-order valence-electron chi connectivity index (χ3n) is 4.36. The fourth-order valence-electron chi connectivity index (χ4n) is 3.08. The van der Waals surface area contributed by atoms with Crippen LogP contribution in [0.5, 0.6) is 0 Å². The second-order valence-electron chi connectivity index (χ2n) is 6.13. The molecule has 0 saturated heterocycles. The van der Waals surface area contributed by atoms with E-state index in [0.717, 1.165) is 47.9 Å². The van der Waals surface area contributed by atoms with E-state index >= 15 is 0 Å². The molecule has 3 aromatic rings. The predicted molar refractivity (Wildman–Crippen MR) is 87.7 cm³/mol. The van der Waals surface area contributed by atoms with Crippen LogP contribution in [-0.2, 0) is 11.3 Å². The van der Waals surface area contributed by atoms with Gasteiger partial charge in [0.25, 0.3) is 0 Å². The Bertz CT molecular complexity index is 785. The van der Waals surface area contributed by atoms with Gasteiger partial charge in [0.15, 0.2) is 11.4 Å². The SMILES string of the molecule is OC1(OCc2cccc(-c3nc4ccccc4o3)c2)CCCC1. The van der Waals surface area contributed by atoms with Crippen molar-refractivity contribution >= 4 is 11.1 Å². The Labute approximate surface area is 134 Å². The van der Waals surface area contributed by atoms with Crippen LogP contribution in [0.3, 0.4) is 0 Å². The smallest absolute Gasteiger partial charge is 0.227 e. The van der Waals surface area contributed by atoms with Crippen LogP contribution in [0.2, 0.25) is 0 Å². The van der Waals surface area contributed by atoms with Gasteiger partial charge in [0, 0.05) is 18.4 Å². The highest BCUT2D eigenvalue weighted by Gasteiger charge is 2.31. The van der Waals surface area contributed by atoms with Crippen molar-refractivity contribution in [2.75, 3.05) is 0 Å². The number of nitrogens with zero attached hydrogens (tertiary/aromatic N) is 1. The molecule has 1 N–H and O–H groups in total. The highest BCUT2D eigenvalue weighted by molar-refractivity contribution is 5.76. The summed E-state index contributed by atoms with van der Waals surface area (Å²) in [6.07, 6.45) is 3.49. The summed E-state index contributed by atoms with van der Waals surface area (Å²) in [4.78, 5) is 4.52. The fourth-order valence-corrected chi connectivity index (χ4v) is 3.08. The van der Waals surface area contributed by atoms with E-state index in [1.807, 2.05) is 48.5 Å². The summed E-state index contributed by atoms with van der Waals surface area (Å²) >= 11 is 0. The number of para-hydroxylation sites is 2. The first-order chi connectivity index (χ1) is 11.2. The maximum Gasteiger partial charge on any atom is 0.227 e. The molecule has 1 fully saturated rings. The lowest BCUT2D eigenvalue weighted by molar-refractivity contribution is -0.205. The number of aliphatic hydroxyl groups is 1. The van der Waals surface area contributed by atoms with Gasteiger partial charge in [0.2, 0.25) is 5.89 Å². The molecule has 4 rings (SSSR count). The molecule has 0 atom stereocenters. The number of hydrogen-bond acceptors (Lipinski definition) is 4. The van der Waals surface area contributed by atoms with Crippen LogP contribution in [0.25, 0.3) is 22.6 Å². The lowest BCUT2D eigenvalue weighted by Crippen LogP contribution is -2.27. The topological polar surface area (TPSA) is 55.5 Å². The second kappa shape index (κ2) is 5.80. The van der Waals surface area contributed by atoms with E-state index in [1.165, 1.54) is 0 Å². The minimum Gasteiger partial charge on any atom is -0.436 e. The molecule has 1 saturated carbocycles. The van der Waals surface area contributed by atoms with Crippen LogP contribution in [0.1, 0.15) is 31.2 Å². The van der Waals surface area contributed by atoms with Crippen molar-refractivity contribution in [2.45, 2.75) is 38.1 Å². The summed E-state index contributed by atoms with van der Waals surface area (Å²) in [6.45, 7) is 0.393. The van der Waals surface area contributed by atoms with Gasteiger partial charge in [-0.3, -0.25) is 0 Å². The summed E-state index contributed by atoms with van der Waals surface area (Å²) in [5, 5.41) is 10.3. The third kappa shape index (κ3) is 3.00. The average Bonchev–Trinajstić information content (AvgIpc) is 3.20. The summed E-state index contributed by atoms with van der Waals surface area (Å²) in [5.74, 6) is -0.346. The third-order valence-corrected chi connectivity index (χ3v) is 4.36. The van der Waals surface area contributed by atoms with E-state index in [4.69, 9.17) is 9.15 Å². The van der Waals surface area contributed by atoms with E-state index in [2.05, 4.69) is 4.98 Å². The van der Waals surface area contributed by atoms with Crippen LogP contribution in [0.15, 0.2) is 52.9 Å². The maximum atomic E-state index is 10.3. The first-order valence-electron chi connectivity index (χ1n) is 8.03. The molecule has 118 valence electrons. The Hall–Kier alpha value is -2.17. The average molecular weight is 309 g/mol. The van der Waals surface area contributed by atoms with Gasteiger partial charge in [-0.25, -0.2) is 4.98 Å². The van der Waals surface area contributed by atoms with Crippen LogP contribution in [0, 0.1) is 0 Å². The highest BCUT2D eigenvalue weighted by Crippen LogP contribution is 2.32. The molecule has 0 amide bonds. The molecule has 1 aliphatic rings. The Morgan fingerprint density at radius 2 is 1.91 bits per heavy atom. The summed E-state index contributed by atoms with van der Waals surface area (Å²) in [5.41, 5.74) is 3.56. The Morgan fingerprint density at radius 3 is 2.74 bits per heavy atom. The van der Waals surface area contributed by atoms with Crippen molar-refractivity contribution in [3.05, 3.63) is 54.1 Å². The van der Waals surface area contributed by atoms with Gasteiger partial charge in [-0.2, -0.15) is 0 Å². The van der Waals surface area contributed by atoms with E-state index in [9.17, 15) is 5.11 Å². The van der Waals surface area contributed by atoms with Gasteiger partial charge in [-0.1, -0.05) is 24.3 Å². The van der Waals surface area contributed by atoms with Crippen molar-refractivity contribution in [1.29, 1.82) is 0 Å². The summed E-state index contributed by atoms with van der Waals surface area (Å²) in [6, 6.07) is 15.7. The molecule has 1 aromatic heterocycles. The molecule has 4 heteroatoms. The Balaban J connectivity index is 1.56. The number of benzene rings is 2. The second-order valence-corrected chi connectivity index (χ2v) is 6.13. The van der Waals surface area contributed by atoms with Gasteiger partial charge in [-0.05, 0) is 42.7 Å². The molecule has 1 heterocycles. The lowest BCUT2D eigenvalue weighted by atomic mass is 10.1. The van der Waals surface area contributed by atoms with Crippen LogP contribution >= 0.6 is 0 Å². The maximum absolute atomic E-state index is 10.3. The zero-order chi connectivity index (χ0) is 15.7. The quantitative estimate of drug-likeness (QED) is 0.731. The fraction of sp³-hybridized carbons (Fsp3) is 0.316. The van der Waals surface area contributed by atoms with Crippen LogP contribution in [-0.4, -0.2) is 15.9 Å². The van der Waals surface area contributed by atoms with E-state index < -0.39 is 5.79 Å². The first-order valence-corrected chi connectivity index (χ1v) is 8.03. The number of fused-ring (bicyclic) bond motifs is 1. The molecule has 1 aliphatic carbocycles. The predicted octanol–water partition coefficient (Wildman–Crippen LogP) is 4.27. The number of ether oxygens (including phenoxy) is 1. The Kier molecular flexibility index (Phi) is 3.63. The highest BCUT2D eigenvalue weighted by atomic mass is 16.6. The van der Waals surface area contributed by atoms with E-state index in [-0.39, 0.29) is 0 Å². The van der Waals surface area contributed by atoms with Crippen molar-refractivity contribution in [3.63, 3.8) is 0 Å². The number of rotatable bonds is 4. The van der Waals surface area contributed by atoms with Crippen molar-refractivity contribution < 1.29 is 14.3 Å². The summed E-state index contributed by atoms with van der Waals surface area (Å²) < 4.78 is 11.5. The first kappa shape index (κ1) is 14.4. The largest absolute Gasteiger partial charge is 0.436 e. The minimum absolute atomic E-state index is 0.393. The molecule has 23 heavy (non-hydrogen) atoms. The van der Waals surface area contributed by atoms with Gasteiger partial charge in [0.1, 0.15) is 5.52 Å². The van der Waals surface area contributed by atoms with Crippen molar-refractivity contribution in [1.82, 2.24) is 4.98 Å². The van der Waals surface area contributed by atoms with Gasteiger partial charge in [0.05, 0.1) is 6.61 Å². The molecule has 0 bridgehead atoms. The molecule has 4 nitrogen and oxygen atoms in total. The van der Waals surface area contributed by atoms with Gasteiger partial charge < -0.3 is 14.3 Å². The Morgan fingerprint density at radius 1 is 1.09 bits per heavy atom. The monoisotopic (exact) mass is 309 g/mol. The lowest BCUT2D eigenvalue weighted by Gasteiger charge is -2.22. The molecule has 0 spiro atoms. The van der Waals surface area contributed by atoms with Crippen LogP contribution < -0.4 is 0 Å². The van der Waals surface area contributed by atoms with Crippen molar-refractivity contribution in [2.24, 2.45) is 0 Å². The van der Waals surface area contributed by atoms with Crippen molar-refractivity contribution in [3.8, 4) is 11.5 Å². The number of hydrogen-bond donors (Lipinski definition) is 1. The van der Waals surface area contributed by atoms with E-state index in [0.29, 0.717) is 12.5 Å². The summed E-state index contributed by atoms with van der Waals surface area (Å²) in [7, 11) is 0. The molecular formula is C19H19NO3. The zero-order valence-corrected chi connectivity index (χ0v) is 12.9. The molecule has 0 unspecified atom stereocenters. The normalized spacial score (nSPS) is 16.9. The van der Waals surface area contributed by atoms with Gasteiger partial charge in [-0.15, -0.1) is 0 Å². The molecule has 0 aliphatic heterocycles. The van der Waals surface area contributed by atoms with E-state index in [1.54, 1.807) is 0 Å². The number of oxazole rings is 1. The molecule has 0 radical (unpaired) electrons. The molecule has 2 aromatic carbocycles. The molecular weight excluding hydrogens is 290 g/mol. The van der Waals surface area contributed by atoms with Gasteiger partial charge >= 0.3 is 0 Å². The standard InChI is InChI=1S/C19H19NO3/c21-19(10-3-4-11-19)22-13-14-6-5-7-15(12-14)18-20-16-8-1-2-9-17(16)23-18/h1-2,5-9,12,21H,3-4,10-11,13H2. The zero-order valence-electron chi connectivity index (χ0n) is 12.9. The number of aromatic nitrogens is 1. The van der Waals surface area contributed by atoms with Crippen LogP contribution in [0.4, 0.5) is 0 Å². The minimum atomic E-state index is -0.951.